The minimum absolute atomic E-state index is 0.131. The first-order valence-corrected chi connectivity index (χ1v) is 9.87. The van der Waals surface area contributed by atoms with Gasteiger partial charge in [0.15, 0.2) is 5.96 Å². The van der Waals surface area contributed by atoms with Crippen molar-refractivity contribution in [2.45, 2.75) is 38.5 Å². The van der Waals surface area contributed by atoms with Gasteiger partial charge in [-0.2, -0.15) is 16.9 Å². The maximum absolute atomic E-state index is 4.75. The molecule has 2 N–H and O–H groups in total. The van der Waals surface area contributed by atoms with Gasteiger partial charge in [-0.3, -0.25) is 4.99 Å². The molecule has 0 saturated heterocycles. The molecular weight excluding hydrogens is 330 g/mol. The van der Waals surface area contributed by atoms with Crippen molar-refractivity contribution < 1.29 is 0 Å². The third-order valence-corrected chi connectivity index (χ3v) is 5.24. The molecule has 0 saturated carbocycles. The second-order valence-corrected chi connectivity index (χ2v) is 8.08. The van der Waals surface area contributed by atoms with E-state index in [-0.39, 0.29) is 10.8 Å². The maximum atomic E-state index is 4.75. The molecule has 1 unspecified atom stereocenters. The first-order chi connectivity index (χ1) is 11.9. The molecule has 6 heteroatoms. The van der Waals surface area contributed by atoms with E-state index in [2.05, 4.69) is 73.9 Å². The quantitative estimate of drug-likeness (QED) is 0.585. The van der Waals surface area contributed by atoms with Gasteiger partial charge in [-0.1, -0.05) is 12.1 Å². The summed E-state index contributed by atoms with van der Waals surface area (Å²) in [7, 11) is 0. The van der Waals surface area contributed by atoms with Gasteiger partial charge in [-0.05, 0) is 57.7 Å². The average molecular weight is 360 g/mol. The fourth-order valence-electron chi connectivity index (χ4n) is 2.30. The van der Waals surface area contributed by atoms with Crippen LogP contribution >= 0.6 is 11.8 Å². The molecule has 1 heterocycles. The van der Waals surface area contributed by atoms with Gasteiger partial charge in [-0.15, -0.1) is 0 Å². The molecule has 0 bridgehead atoms. The predicted octanol–water partition coefficient (Wildman–Crippen LogP) is 3.63. The first-order valence-electron chi connectivity index (χ1n) is 8.65. The molecule has 5 nitrogen and oxygen atoms in total. The number of thioether (sulfide) groups is 1. The number of guanidine groups is 1. The standard InChI is InChI=1S/C19H29N5S/c1-6-20-18(21-14-19(3,4)25-5)23-15(2)16-9-7-10-17(13-16)24-12-8-11-22-24/h7-13,15H,6,14H2,1-5H3,(H2,20,21,23). The number of hydrogen-bond donors (Lipinski definition) is 2. The summed E-state index contributed by atoms with van der Waals surface area (Å²) in [6.07, 6.45) is 5.87. The van der Waals surface area contributed by atoms with Gasteiger partial charge in [0.1, 0.15) is 0 Å². The van der Waals surface area contributed by atoms with Crippen molar-refractivity contribution in [3.63, 3.8) is 0 Å². The smallest absolute Gasteiger partial charge is 0.191 e. The van der Waals surface area contributed by atoms with Crippen LogP contribution in [0.3, 0.4) is 0 Å². The molecule has 25 heavy (non-hydrogen) atoms. The number of nitrogens with zero attached hydrogens (tertiary/aromatic N) is 3. The Morgan fingerprint density at radius 3 is 2.80 bits per heavy atom. The number of rotatable bonds is 7. The van der Waals surface area contributed by atoms with Crippen LogP contribution in [0, 0.1) is 0 Å². The predicted molar refractivity (Wildman–Crippen MR) is 109 cm³/mol. The van der Waals surface area contributed by atoms with E-state index >= 15 is 0 Å². The van der Waals surface area contributed by atoms with E-state index in [0.717, 1.165) is 24.7 Å². The highest BCUT2D eigenvalue weighted by Gasteiger charge is 2.16. The molecule has 0 fully saturated rings. The zero-order chi connectivity index (χ0) is 18.3. The molecule has 0 spiro atoms. The summed E-state index contributed by atoms with van der Waals surface area (Å²) in [5.41, 5.74) is 2.25. The molecule has 0 amide bonds. The molecule has 0 aliphatic carbocycles. The van der Waals surface area contributed by atoms with Crippen LogP contribution in [0.1, 0.15) is 39.3 Å². The van der Waals surface area contributed by atoms with Gasteiger partial charge in [0.25, 0.3) is 0 Å². The fraction of sp³-hybridized carbons (Fsp3) is 0.474. The third kappa shape index (κ3) is 5.81. The van der Waals surface area contributed by atoms with Crippen LogP contribution in [0.15, 0.2) is 47.7 Å². The average Bonchev–Trinajstić information content (AvgIpc) is 3.15. The highest BCUT2D eigenvalue weighted by molar-refractivity contribution is 7.99. The third-order valence-electron chi connectivity index (χ3n) is 4.01. The molecule has 1 aromatic carbocycles. The van der Waals surface area contributed by atoms with Crippen molar-refractivity contribution in [1.29, 1.82) is 0 Å². The van der Waals surface area contributed by atoms with Crippen LogP contribution in [-0.2, 0) is 0 Å². The van der Waals surface area contributed by atoms with Crippen molar-refractivity contribution in [3.05, 3.63) is 48.3 Å². The summed E-state index contributed by atoms with van der Waals surface area (Å²) in [6.45, 7) is 10.3. The van der Waals surface area contributed by atoms with Crippen molar-refractivity contribution in [1.82, 2.24) is 20.4 Å². The Kier molecular flexibility index (Phi) is 6.93. The Balaban J connectivity index is 2.11. The van der Waals surface area contributed by atoms with Gasteiger partial charge in [-0.25, -0.2) is 4.68 Å². The number of aliphatic imine (C=N–C) groups is 1. The summed E-state index contributed by atoms with van der Waals surface area (Å²) in [6, 6.07) is 10.5. The number of nitrogens with one attached hydrogen (secondary N) is 2. The largest absolute Gasteiger partial charge is 0.357 e. The highest BCUT2D eigenvalue weighted by atomic mass is 32.2. The van der Waals surface area contributed by atoms with Gasteiger partial charge in [0.05, 0.1) is 18.3 Å². The van der Waals surface area contributed by atoms with E-state index in [1.807, 2.05) is 28.7 Å². The molecule has 0 radical (unpaired) electrons. The Bertz CT molecular complexity index is 679. The zero-order valence-corrected chi connectivity index (χ0v) is 16.6. The SMILES string of the molecule is CCNC(=NCC(C)(C)SC)NC(C)c1cccc(-n2cccn2)c1. The fourth-order valence-corrected chi connectivity index (χ4v) is 2.49. The minimum atomic E-state index is 0.131. The number of benzene rings is 1. The van der Waals surface area contributed by atoms with E-state index in [0.29, 0.717) is 0 Å². The Hall–Kier alpha value is -1.95. The van der Waals surface area contributed by atoms with Crippen LogP contribution in [-0.4, -0.2) is 39.8 Å². The Morgan fingerprint density at radius 2 is 2.16 bits per heavy atom. The van der Waals surface area contributed by atoms with Crippen molar-refractivity contribution in [2.75, 3.05) is 19.3 Å². The van der Waals surface area contributed by atoms with Crippen LogP contribution in [0.4, 0.5) is 0 Å². The van der Waals surface area contributed by atoms with Crippen molar-refractivity contribution in [3.8, 4) is 5.69 Å². The molecule has 136 valence electrons. The molecule has 0 aliphatic rings. The van der Waals surface area contributed by atoms with Crippen molar-refractivity contribution >= 4 is 17.7 Å². The molecule has 1 aromatic heterocycles. The molecule has 0 aliphatic heterocycles. The summed E-state index contributed by atoms with van der Waals surface area (Å²) >= 11 is 1.83. The summed E-state index contributed by atoms with van der Waals surface area (Å²) < 4.78 is 2.00. The number of hydrogen-bond acceptors (Lipinski definition) is 3. The van der Waals surface area contributed by atoms with Gasteiger partial charge in [0.2, 0.25) is 0 Å². The van der Waals surface area contributed by atoms with E-state index in [4.69, 9.17) is 4.99 Å². The highest BCUT2D eigenvalue weighted by Crippen LogP contribution is 2.21. The Labute approximate surface area is 155 Å². The lowest BCUT2D eigenvalue weighted by molar-refractivity contribution is 0.669. The molecule has 1 atom stereocenters. The van der Waals surface area contributed by atoms with Gasteiger partial charge < -0.3 is 10.6 Å². The molecule has 2 rings (SSSR count). The van der Waals surface area contributed by atoms with Crippen LogP contribution < -0.4 is 10.6 Å². The Morgan fingerprint density at radius 1 is 1.36 bits per heavy atom. The normalized spacial score (nSPS) is 13.6. The van der Waals surface area contributed by atoms with Gasteiger partial charge >= 0.3 is 0 Å². The monoisotopic (exact) mass is 359 g/mol. The van der Waals surface area contributed by atoms with E-state index < -0.39 is 0 Å². The summed E-state index contributed by atoms with van der Waals surface area (Å²) in [5, 5.41) is 11.1. The molecular formula is C19H29N5S. The van der Waals surface area contributed by atoms with E-state index in [1.54, 1.807) is 6.20 Å². The lowest BCUT2D eigenvalue weighted by Crippen LogP contribution is -2.39. The first kappa shape index (κ1) is 19.4. The minimum Gasteiger partial charge on any atom is -0.357 e. The zero-order valence-electron chi connectivity index (χ0n) is 15.8. The van der Waals surface area contributed by atoms with E-state index in [1.165, 1.54) is 5.56 Å². The maximum Gasteiger partial charge on any atom is 0.191 e. The topological polar surface area (TPSA) is 54.2 Å². The van der Waals surface area contributed by atoms with Crippen molar-refractivity contribution in [2.24, 2.45) is 4.99 Å². The van der Waals surface area contributed by atoms with Crippen LogP contribution in [0.25, 0.3) is 5.69 Å². The second-order valence-electron chi connectivity index (χ2n) is 6.57. The second kappa shape index (κ2) is 8.94. The van der Waals surface area contributed by atoms with E-state index in [9.17, 15) is 0 Å². The summed E-state index contributed by atoms with van der Waals surface area (Å²) in [4.78, 5) is 4.75. The van der Waals surface area contributed by atoms with Crippen LogP contribution in [0.2, 0.25) is 0 Å². The van der Waals surface area contributed by atoms with Crippen LogP contribution in [0.5, 0.6) is 0 Å². The summed E-state index contributed by atoms with van der Waals surface area (Å²) in [5.74, 6) is 0.849. The lowest BCUT2D eigenvalue weighted by atomic mass is 10.1. The molecule has 2 aromatic rings. The number of aromatic nitrogens is 2. The van der Waals surface area contributed by atoms with Gasteiger partial charge in [0, 0.05) is 23.7 Å². The lowest BCUT2D eigenvalue weighted by Gasteiger charge is -2.22.